The van der Waals surface area contributed by atoms with Gasteiger partial charge in [0, 0.05) is 43.5 Å². The third kappa shape index (κ3) is 3.26. The molecule has 0 atom stereocenters. The van der Waals surface area contributed by atoms with E-state index in [0.717, 1.165) is 29.2 Å². The zero-order chi connectivity index (χ0) is 13.7. The summed E-state index contributed by atoms with van der Waals surface area (Å²) in [6.07, 6.45) is 2.59. The SMILES string of the molecule is COc1ccc(CN)c(OCCc2ccnn2C)c1. The maximum absolute atomic E-state index is 5.80. The van der Waals surface area contributed by atoms with Gasteiger partial charge in [-0.3, -0.25) is 4.68 Å². The molecule has 19 heavy (non-hydrogen) atoms. The Balaban J connectivity index is 2.00. The largest absolute Gasteiger partial charge is 0.497 e. The Morgan fingerprint density at radius 1 is 1.32 bits per heavy atom. The molecule has 0 saturated carbocycles. The minimum absolute atomic E-state index is 0.449. The molecule has 1 aromatic heterocycles. The monoisotopic (exact) mass is 261 g/mol. The van der Waals surface area contributed by atoms with Crippen molar-refractivity contribution in [3.05, 3.63) is 41.7 Å². The standard InChI is InChI=1S/C14H19N3O2/c1-17-12(5-7-16-17)6-8-19-14-9-13(18-2)4-3-11(14)10-15/h3-5,7,9H,6,8,10,15H2,1-2H3. The molecule has 0 radical (unpaired) electrons. The van der Waals surface area contributed by atoms with Gasteiger partial charge in [0.1, 0.15) is 11.5 Å². The van der Waals surface area contributed by atoms with Crippen molar-refractivity contribution in [2.24, 2.45) is 12.8 Å². The number of rotatable bonds is 6. The highest BCUT2D eigenvalue weighted by Gasteiger charge is 2.05. The third-order valence-corrected chi connectivity index (χ3v) is 3.03. The van der Waals surface area contributed by atoms with Gasteiger partial charge in [-0.25, -0.2) is 0 Å². The lowest BCUT2D eigenvalue weighted by atomic mass is 10.2. The molecule has 2 rings (SSSR count). The molecule has 5 heteroatoms. The van der Waals surface area contributed by atoms with E-state index in [1.165, 1.54) is 0 Å². The maximum Gasteiger partial charge on any atom is 0.127 e. The molecule has 0 unspecified atom stereocenters. The Bertz CT molecular complexity index is 537. The molecule has 0 aliphatic carbocycles. The van der Waals surface area contributed by atoms with E-state index in [4.69, 9.17) is 15.2 Å². The molecule has 5 nitrogen and oxygen atoms in total. The number of hydrogen-bond donors (Lipinski definition) is 1. The average Bonchev–Trinajstić information content (AvgIpc) is 2.84. The molecule has 102 valence electrons. The van der Waals surface area contributed by atoms with Crippen molar-refractivity contribution in [1.29, 1.82) is 0 Å². The van der Waals surface area contributed by atoms with Crippen LogP contribution in [0.15, 0.2) is 30.5 Å². The average molecular weight is 261 g/mol. The first-order chi connectivity index (χ1) is 9.24. The molecule has 1 aromatic carbocycles. The van der Waals surface area contributed by atoms with E-state index in [1.54, 1.807) is 13.3 Å². The summed E-state index contributed by atoms with van der Waals surface area (Å²) >= 11 is 0. The number of nitrogens with zero attached hydrogens (tertiary/aromatic N) is 2. The third-order valence-electron chi connectivity index (χ3n) is 3.03. The van der Waals surface area contributed by atoms with E-state index in [9.17, 15) is 0 Å². The fourth-order valence-corrected chi connectivity index (χ4v) is 1.88. The summed E-state index contributed by atoms with van der Waals surface area (Å²) in [6, 6.07) is 7.67. The van der Waals surface area contributed by atoms with E-state index in [1.807, 2.05) is 36.0 Å². The van der Waals surface area contributed by atoms with Crippen molar-refractivity contribution in [3.63, 3.8) is 0 Å². The first kappa shape index (κ1) is 13.4. The molecule has 0 bridgehead atoms. The lowest BCUT2D eigenvalue weighted by Crippen LogP contribution is -2.08. The van der Waals surface area contributed by atoms with Crippen molar-refractivity contribution in [2.75, 3.05) is 13.7 Å². The molecular formula is C14H19N3O2. The minimum atomic E-state index is 0.449. The Morgan fingerprint density at radius 2 is 2.16 bits per heavy atom. The van der Waals surface area contributed by atoms with Crippen molar-refractivity contribution in [3.8, 4) is 11.5 Å². The van der Waals surface area contributed by atoms with Crippen LogP contribution in [-0.2, 0) is 20.0 Å². The number of hydrogen-bond acceptors (Lipinski definition) is 4. The van der Waals surface area contributed by atoms with Crippen LogP contribution in [0.3, 0.4) is 0 Å². The molecule has 1 heterocycles. The van der Waals surface area contributed by atoms with Crippen LogP contribution >= 0.6 is 0 Å². The highest BCUT2D eigenvalue weighted by Crippen LogP contribution is 2.24. The molecule has 0 amide bonds. The molecule has 2 N–H and O–H groups in total. The van der Waals surface area contributed by atoms with Gasteiger partial charge < -0.3 is 15.2 Å². The van der Waals surface area contributed by atoms with Crippen molar-refractivity contribution in [1.82, 2.24) is 9.78 Å². The van der Waals surface area contributed by atoms with Gasteiger partial charge >= 0.3 is 0 Å². The van der Waals surface area contributed by atoms with Crippen LogP contribution in [0.4, 0.5) is 0 Å². The summed E-state index contributed by atoms with van der Waals surface area (Å²) in [5, 5.41) is 4.12. The van der Waals surface area contributed by atoms with E-state index >= 15 is 0 Å². The van der Waals surface area contributed by atoms with Gasteiger partial charge in [0.2, 0.25) is 0 Å². The molecule has 0 fully saturated rings. The van der Waals surface area contributed by atoms with Crippen molar-refractivity contribution < 1.29 is 9.47 Å². The normalized spacial score (nSPS) is 10.5. The molecule has 0 spiro atoms. The summed E-state index contributed by atoms with van der Waals surface area (Å²) in [7, 11) is 3.56. The van der Waals surface area contributed by atoms with Crippen LogP contribution in [0.5, 0.6) is 11.5 Å². The molecule has 2 aromatic rings. The summed E-state index contributed by atoms with van der Waals surface area (Å²) in [5.41, 5.74) is 7.81. The number of methoxy groups -OCH3 is 1. The van der Waals surface area contributed by atoms with Crippen molar-refractivity contribution >= 4 is 0 Å². The van der Waals surface area contributed by atoms with Gasteiger partial charge in [0.05, 0.1) is 13.7 Å². The van der Waals surface area contributed by atoms with E-state index in [2.05, 4.69) is 5.10 Å². The zero-order valence-electron chi connectivity index (χ0n) is 11.3. The van der Waals surface area contributed by atoms with E-state index in [0.29, 0.717) is 13.2 Å². The van der Waals surface area contributed by atoms with Crippen LogP contribution in [0.2, 0.25) is 0 Å². The number of nitrogens with two attached hydrogens (primary N) is 1. The highest BCUT2D eigenvalue weighted by atomic mass is 16.5. The smallest absolute Gasteiger partial charge is 0.127 e. The van der Waals surface area contributed by atoms with E-state index in [-0.39, 0.29) is 0 Å². The quantitative estimate of drug-likeness (QED) is 0.856. The molecule has 0 aliphatic heterocycles. The lowest BCUT2D eigenvalue weighted by Gasteiger charge is -2.12. The fraction of sp³-hybridized carbons (Fsp3) is 0.357. The zero-order valence-corrected chi connectivity index (χ0v) is 11.3. The maximum atomic E-state index is 5.80. The summed E-state index contributed by atoms with van der Waals surface area (Å²) in [4.78, 5) is 0. The predicted molar refractivity (Wildman–Crippen MR) is 73.3 cm³/mol. The number of aromatic nitrogens is 2. The lowest BCUT2D eigenvalue weighted by molar-refractivity contribution is 0.312. The first-order valence-corrected chi connectivity index (χ1v) is 6.21. The molecule has 0 aliphatic rings. The summed E-state index contributed by atoms with van der Waals surface area (Å²) < 4.78 is 12.8. The van der Waals surface area contributed by atoms with Crippen LogP contribution in [0.25, 0.3) is 0 Å². The van der Waals surface area contributed by atoms with Crippen LogP contribution in [0.1, 0.15) is 11.3 Å². The summed E-state index contributed by atoms with van der Waals surface area (Å²) in [6.45, 7) is 1.03. The second-order valence-electron chi connectivity index (χ2n) is 4.22. The van der Waals surface area contributed by atoms with Gasteiger partial charge in [0.15, 0.2) is 0 Å². The second-order valence-corrected chi connectivity index (χ2v) is 4.22. The Hall–Kier alpha value is -2.01. The molecular weight excluding hydrogens is 242 g/mol. The predicted octanol–water partition coefficient (Wildman–Crippen LogP) is 1.51. The fourth-order valence-electron chi connectivity index (χ4n) is 1.88. The minimum Gasteiger partial charge on any atom is -0.497 e. The van der Waals surface area contributed by atoms with Gasteiger partial charge in [-0.2, -0.15) is 5.10 Å². The second kappa shape index (κ2) is 6.24. The number of aryl methyl sites for hydroxylation is 1. The van der Waals surface area contributed by atoms with Crippen LogP contribution in [0, 0.1) is 0 Å². The Labute approximate surface area is 112 Å². The first-order valence-electron chi connectivity index (χ1n) is 6.21. The highest BCUT2D eigenvalue weighted by molar-refractivity contribution is 5.40. The van der Waals surface area contributed by atoms with Gasteiger partial charge in [-0.1, -0.05) is 6.07 Å². The van der Waals surface area contributed by atoms with Crippen LogP contribution < -0.4 is 15.2 Å². The Kier molecular flexibility index (Phi) is 4.41. The number of ether oxygens (including phenoxy) is 2. The van der Waals surface area contributed by atoms with Gasteiger partial charge in [-0.05, 0) is 12.1 Å². The van der Waals surface area contributed by atoms with Gasteiger partial charge in [-0.15, -0.1) is 0 Å². The van der Waals surface area contributed by atoms with Crippen molar-refractivity contribution in [2.45, 2.75) is 13.0 Å². The van der Waals surface area contributed by atoms with Crippen LogP contribution in [-0.4, -0.2) is 23.5 Å². The topological polar surface area (TPSA) is 62.3 Å². The Morgan fingerprint density at radius 3 is 2.79 bits per heavy atom. The van der Waals surface area contributed by atoms with Gasteiger partial charge in [0.25, 0.3) is 0 Å². The summed E-state index contributed by atoms with van der Waals surface area (Å²) in [5.74, 6) is 1.55. The molecule has 0 saturated heterocycles. The number of benzene rings is 1. The van der Waals surface area contributed by atoms with E-state index < -0.39 is 0 Å².